The molecule has 0 aliphatic heterocycles. The van der Waals surface area contributed by atoms with Gasteiger partial charge in [-0.3, -0.25) is 14.4 Å². The smallest absolute Gasteiger partial charge is 0.323 e. The lowest BCUT2D eigenvalue weighted by molar-refractivity contribution is -0.141. The summed E-state index contributed by atoms with van der Waals surface area (Å²) in [5.74, 6) is -0.710. The third-order valence-corrected chi connectivity index (χ3v) is 5.96. The van der Waals surface area contributed by atoms with Gasteiger partial charge in [0.15, 0.2) is 0 Å². The maximum atomic E-state index is 12.8. The van der Waals surface area contributed by atoms with Gasteiger partial charge in [-0.1, -0.05) is 44.2 Å². The number of carbonyl (C=O) groups is 4. The molecular weight excluding hydrogens is 566 g/mol. The van der Waals surface area contributed by atoms with Gasteiger partial charge in [-0.2, -0.15) is 0 Å². The molecular formula is C33H41N3O8. The Morgan fingerprint density at radius 3 is 1.95 bits per heavy atom. The number of hydrogen-bond donors (Lipinski definition) is 4. The minimum absolute atomic E-state index is 0.0288. The molecule has 0 aromatic heterocycles. The van der Waals surface area contributed by atoms with Crippen LogP contribution in [0.4, 0.5) is 21.9 Å². The van der Waals surface area contributed by atoms with Crippen molar-refractivity contribution in [2.45, 2.75) is 52.9 Å². The number of methoxy groups -OCH3 is 1. The molecule has 0 atom stereocenters. The Morgan fingerprint density at radius 2 is 1.36 bits per heavy atom. The third kappa shape index (κ3) is 13.3. The molecule has 0 bridgehead atoms. The Balaban J connectivity index is 0.00000330. The predicted molar refractivity (Wildman–Crippen MR) is 169 cm³/mol. The van der Waals surface area contributed by atoms with Crippen LogP contribution in [-0.2, 0) is 25.5 Å². The normalized spacial score (nSPS) is 10.0. The number of aryl methyl sites for hydroxylation is 1. The fourth-order valence-corrected chi connectivity index (χ4v) is 3.83. The number of hydrogen-bond acceptors (Lipinski definition) is 7. The van der Waals surface area contributed by atoms with E-state index in [2.05, 4.69) is 20.7 Å². The van der Waals surface area contributed by atoms with Crippen molar-refractivity contribution in [2.24, 2.45) is 0 Å². The van der Waals surface area contributed by atoms with E-state index in [4.69, 9.17) is 14.6 Å². The van der Waals surface area contributed by atoms with Crippen molar-refractivity contribution >= 4 is 40.9 Å². The second-order valence-electron chi connectivity index (χ2n) is 9.38. The number of carbonyl (C=O) groups excluding carboxylic acids is 3. The number of carboxylic acid groups (broad SMARTS) is 1. The fourth-order valence-electron chi connectivity index (χ4n) is 3.83. The van der Waals surface area contributed by atoms with Crippen LogP contribution >= 0.6 is 0 Å². The summed E-state index contributed by atoms with van der Waals surface area (Å²) in [6.07, 6.45) is 1.01. The van der Waals surface area contributed by atoms with Crippen molar-refractivity contribution in [3.63, 3.8) is 0 Å². The highest BCUT2D eigenvalue weighted by molar-refractivity contribution is 6.00. The van der Waals surface area contributed by atoms with E-state index in [1.807, 2.05) is 45.0 Å². The molecule has 0 radical (unpaired) electrons. The summed E-state index contributed by atoms with van der Waals surface area (Å²) in [6, 6.07) is 18.9. The van der Waals surface area contributed by atoms with Gasteiger partial charge in [-0.15, -0.1) is 0 Å². The highest BCUT2D eigenvalue weighted by Crippen LogP contribution is 2.27. The molecule has 11 heteroatoms. The average molecular weight is 608 g/mol. The predicted octanol–water partition coefficient (Wildman–Crippen LogP) is 6.42. The maximum Gasteiger partial charge on any atom is 0.323 e. The van der Waals surface area contributed by atoms with E-state index in [1.165, 1.54) is 7.11 Å². The van der Waals surface area contributed by atoms with Crippen LogP contribution in [0.5, 0.6) is 11.5 Å². The van der Waals surface area contributed by atoms with E-state index in [0.29, 0.717) is 41.4 Å². The summed E-state index contributed by atoms with van der Waals surface area (Å²) in [6.45, 7) is 6.33. The molecule has 0 unspecified atom stereocenters. The van der Waals surface area contributed by atoms with Gasteiger partial charge in [0.05, 0.1) is 26.7 Å². The van der Waals surface area contributed by atoms with E-state index >= 15 is 0 Å². The quantitative estimate of drug-likeness (QED) is 0.114. The topological polar surface area (TPSA) is 152 Å². The van der Waals surface area contributed by atoms with Crippen molar-refractivity contribution < 1.29 is 38.5 Å². The van der Waals surface area contributed by atoms with Crippen LogP contribution in [0.3, 0.4) is 0 Å². The highest BCUT2D eigenvalue weighted by atomic mass is 16.5. The lowest BCUT2D eigenvalue weighted by atomic mass is 10.1. The zero-order valence-electron chi connectivity index (χ0n) is 25.6. The number of rotatable bonds is 15. The van der Waals surface area contributed by atoms with Crippen LogP contribution in [0, 0.1) is 6.92 Å². The molecule has 3 aromatic carbocycles. The van der Waals surface area contributed by atoms with Gasteiger partial charge >= 0.3 is 18.0 Å². The van der Waals surface area contributed by atoms with E-state index in [1.54, 1.807) is 42.5 Å². The first-order chi connectivity index (χ1) is 21.2. The lowest BCUT2D eigenvalue weighted by Crippen LogP contribution is -2.20. The number of benzene rings is 3. The first-order valence-electron chi connectivity index (χ1n) is 14.4. The van der Waals surface area contributed by atoms with Gasteiger partial charge in [0.2, 0.25) is 5.91 Å². The van der Waals surface area contributed by atoms with Gasteiger partial charge in [0.25, 0.3) is 0 Å². The van der Waals surface area contributed by atoms with Crippen molar-refractivity contribution in [1.29, 1.82) is 0 Å². The monoisotopic (exact) mass is 607 g/mol. The van der Waals surface area contributed by atoms with Crippen molar-refractivity contribution in [2.75, 3.05) is 36.3 Å². The number of nitrogens with one attached hydrogen (secondary N) is 3. The first kappa shape index (κ1) is 35.1. The Hall–Kier alpha value is -5.06. The van der Waals surface area contributed by atoms with Crippen molar-refractivity contribution in [1.82, 2.24) is 0 Å². The van der Waals surface area contributed by atoms with Crippen LogP contribution < -0.4 is 25.4 Å². The van der Waals surface area contributed by atoms with E-state index in [-0.39, 0.29) is 50.4 Å². The average Bonchev–Trinajstić information content (AvgIpc) is 3.00. The Labute approximate surface area is 257 Å². The number of urea groups is 1. The third-order valence-electron chi connectivity index (χ3n) is 5.96. The molecule has 4 N–H and O–H groups in total. The number of aliphatic carboxylic acids is 1. The molecule has 0 saturated heterocycles. The summed E-state index contributed by atoms with van der Waals surface area (Å²) < 4.78 is 16.1. The minimum atomic E-state index is -0.913. The SMILES string of the molecule is CC.COC(=O)CCCOc1cc(NC(=O)Cc2ccc(NC(=O)Nc3ccccc3C)cc2)cc(OCCCC(=O)O)c1. The van der Waals surface area contributed by atoms with Crippen LogP contribution in [0.2, 0.25) is 0 Å². The molecule has 0 aliphatic rings. The van der Waals surface area contributed by atoms with E-state index in [9.17, 15) is 19.2 Å². The number of para-hydroxylation sites is 1. The molecule has 0 fully saturated rings. The Bertz CT molecular complexity index is 1380. The summed E-state index contributed by atoms with van der Waals surface area (Å²) in [7, 11) is 1.32. The second-order valence-corrected chi connectivity index (χ2v) is 9.38. The molecule has 3 rings (SSSR count). The summed E-state index contributed by atoms with van der Waals surface area (Å²) in [4.78, 5) is 47.3. The van der Waals surface area contributed by atoms with Crippen molar-refractivity contribution in [3.05, 3.63) is 77.9 Å². The number of anilines is 3. The van der Waals surface area contributed by atoms with Gasteiger partial charge in [-0.25, -0.2) is 4.79 Å². The number of amides is 3. The molecule has 0 aliphatic carbocycles. The standard InChI is InChI=1S/C31H35N3O8.C2H6/c1-21-7-3-4-8-27(21)34-31(39)33-23-13-11-22(12-14-23)17-28(35)32-24-18-25(41-15-5-9-29(36)37)20-26(19-24)42-16-6-10-30(38)40-2;1-2/h3-4,7-8,11-14,18-20H,5-6,9-10,15-17H2,1-2H3,(H,32,35)(H,36,37)(H2,33,34,39);1-2H3. The van der Waals surface area contributed by atoms with Crippen LogP contribution in [-0.4, -0.2) is 49.3 Å². The summed E-state index contributed by atoms with van der Waals surface area (Å²) in [5.41, 5.74) is 3.41. The number of esters is 1. The molecule has 236 valence electrons. The number of carboxylic acids is 1. The Morgan fingerprint density at radius 1 is 0.750 bits per heavy atom. The fraction of sp³-hybridized carbons (Fsp3) is 0.333. The maximum absolute atomic E-state index is 12.8. The molecule has 11 nitrogen and oxygen atoms in total. The first-order valence-corrected chi connectivity index (χ1v) is 14.4. The van der Waals surface area contributed by atoms with E-state index < -0.39 is 5.97 Å². The number of ether oxygens (including phenoxy) is 3. The van der Waals surface area contributed by atoms with Gasteiger partial charge in [0, 0.05) is 48.1 Å². The van der Waals surface area contributed by atoms with E-state index in [0.717, 1.165) is 11.1 Å². The molecule has 3 amide bonds. The van der Waals surface area contributed by atoms with Crippen molar-refractivity contribution in [3.8, 4) is 11.5 Å². The zero-order chi connectivity index (χ0) is 32.3. The van der Waals surface area contributed by atoms with Crippen LogP contribution in [0.1, 0.15) is 50.7 Å². The van der Waals surface area contributed by atoms with Gasteiger partial charge in [0.1, 0.15) is 11.5 Å². The molecule has 3 aromatic rings. The molecule has 0 heterocycles. The van der Waals surface area contributed by atoms with Gasteiger partial charge < -0.3 is 35.3 Å². The zero-order valence-corrected chi connectivity index (χ0v) is 25.6. The second kappa shape index (κ2) is 19.2. The lowest BCUT2D eigenvalue weighted by Gasteiger charge is -2.13. The van der Waals surface area contributed by atoms with Crippen LogP contribution in [0.25, 0.3) is 0 Å². The minimum Gasteiger partial charge on any atom is -0.493 e. The highest BCUT2D eigenvalue weighted by Gasteiger charge is 2.10. The van der Waals surface area contributed by atoms with Gasteiger partial charge in [-0.05, 0) is 49.1 Å². The van der Waals surface area contributed by atoms with Crippen LogP contribution in [0.15, 0.2) is 66.7 Å². The largest absolute Gasteiger partial charge is 0.493 e. The summed E-state index contributed by atoms with van der Waals surface area (Å²) >= 11 is 0. The molecule has 0 saturated carbocycles. The Kier molecular flexibility index (Phi) is 15.3. The molecule has 44 heavy (non-hydrogen) atoms. The molecule has 0 spiro atoms. The summed E-state index contributed by atoms with van der Waals surface area (Å²) in [5, 5.41) is 17.2.